The Morgan fingerprint density at radius 1 is 1.33 bits per heavy atom. The van der Waals surface area contributed by atoms with Crippen LogP contribution in [0, 0.1) is 6.92 Å². The van der Waals surface area contributed by atoms with Crippen molar-refractivity contribution in [1.82, 2.24) is 14.9 Å². The van der Waals surface area contributed by atoms with Crippen LogP contribution >= 0.6 is 11.3 Å². The zero-order valence-corrected chi connectivity index (χ0v) is 11.4. The number of pyridine rings is 1. The topological polar surface area (TPSA) is 29.0 Å². The molecule has 4 heteroatoms. The molecular weight excluding hydrogens is 242 g/mol. The highest BCUT2D eigenvalue weighted by molar-refractivity contribution is 7.09. The lowest BCUT2D eigenvalue weighted by atomic mass is 10.3. The molecule has 0 N–H and O–H groups in total. The minimum absolute atomic E-state index is 0.733. The summed E-state index contributed by atoms with van der Waals surface area (Å²) < 4.78 is 0. The summed E-state index contributed by atoms with van der Waals surface area (Å²) in [6.07, 6.45) is 4.52. The van der Waals surface area contributed by atoms with Gasteiger partial charge in [-0.25, -0.2) is 4.98 Å². The minimum atomic E-state index is 0.733. The van der Waals surface area contributed by atoms with Crippen molar-refractivity contribution < 1.29 is 0 Å². The van der Waals surface area contributed by atoms with Gasteiger partial charge in [-0.2, -0.15) is 0 Å². The third-order valence-corrected chi connectivity index (χ3v) is 3.96. The molecule has 1 fully saturated rings. The van der Waals surface area contributed by atoms with E-state index in [0.29, 0.717) is 0 Å². The first kappa shape index (κ1) is 11.8. The lowest BCUT2D eigenvalue weighted by Gasteiger charge is -2.20. The number of aryl methyl sites for hydroxylation is 1. The Labute approximate surface area is 112 Å². The largest absolute Gasteiger partial charge is 0.288 e. The van der Waals surface area contributed by atoms with Gasteiger partial charge in [0.15, 0.2) is 0 Å². The first-order chi connectivity index (χ1) is 8.81. The van der Waals surface area contributed by atoms with Gasteiger partial charge in [0.1, 0.15) is 5.01 Å². The molecule has 0 unspecified atom stereocenters. The van der Waals surface area contributed by atoms with Crippen LogP contribution < -0.4 is 0 Å². The molecule has 1 aliphatic rings. The van der Waals surface area contributed by atoms with Crippen LogP contribution in [0.3, 0.4) is 0 Å². The van der Waals surface area contributed by atoms with E-state index in [1.54, 1.807) is 11.3 Å². The molecule has 2 aromatic heterocycles. The van der Waals surface area contributed by atoms with Gasteiger partial charge in [-0.05, 0) is 31.9 Å². The van der Waals surface area contributed by atoms with Crippen LogP contribution in [0.1, 0.15) is 29.2 Å². The Bertz CT molecular complexity index is 506. The van der Waals surface area contributed by atoms with Gasteiger partial charge in [0.05, 0.1) is 12.2 Å². The van der Waals surface area contributed by atoms with Crippen molar-refractivity contribution in [2.24, 2.45) is 0 Å². The second-order valence-corrected chi connectivity index (χ2v) is 5.81. The molecule has 0 atom stereocenters. The highest BCUT2D eigenvalue weighted by atomic mass is 32.1. The Morgan fingerprint density at radius 3 is 2.89 bits per heavy atom. The zero-order chi connectivity index (χ0) is 12.4. The normalized spacial score (nSPS) is 15.2. The molecular formula is C14H17N3S. The van der Waals surface area contributed by atoms with E-state index in [4.69, 9.17) is 0 Å². The molecule has 2 aromatic rings. The summed E-state index contributed by atoms with van der Waals surface area (Å²) in [6.45, 7) is 3.94. The number of nitrogens with zero attached hydrogens (tertiary/aromatic N) is 3. The fraction of sp³-hybridized carbons (Fsp3) is 0.429. The molecule has 0 spiro atoms. The smallest absolute Gasteiger partial charge is 0.107 e. The van der Waals surface area contributed by atoms with Gasteiger partial charge in [0.25, 0.3) is 0 Å². The molecule has 1 aliphatic carbocycles. The molecule has 94 valence electrons. The van der Waals surface area contributed by atoms with E-state index >= 15 is 0 Å². The molecule has 1 saturated carbocycles. The highest BCUT2D eigenvalue weighted by Crippen LogP contribution is 2.29. The third kappa shape index (κ3) is 2.94. The van der Waals surface area contributed by atoms with Gasteiger partial charge in [0, 0.05) is 29.9 Å². The zero-order valence-electron chi connectivity index (χ0n) is 10.5. The van der Waals surface area contributed by atoms with E-state index < -0.39 is 0 Å². The molecule has 2 heterocycles. The number of hydrogen-bond donors (Lipinski definition) is 0. The Morgan fingerprint density at radius 2 is 2.22 bits per heavy atom. The summed E-state index contributed by atoms with van der Waals surface area (Å²) in [5.41, 5.74) is 2.26. The van der Waals surface area contributed by atoms with Gasteiger partial charge in [-0.15, -0.1) is 11.3 Å². The summed E-state index contributed by atoms with van der Waals surface area (Å²) in [4.78, 5) is 11.5. The summed E-state index contributed by atoms with van der Waals surface area (Å²) in [6, 6.07) is 6.98. The standard InChI is InChI=1S/C14H17N3S/c1-11-3-2-4-12(16-11)9-17(13-5-6-13)10-14-15-7-8-18-14/h2-4,7-8,13H,5-6,9-10H2,1H3. The SMILES string of the molecule is Cc1cccc(CN(Cc2nccs2)C2CC2)n1. The molecule has 18 heavy (non-hydrogen) atoms. The summed E-state index contributed by atoms with van der Waals surface area (Å²) >= 11 is 1.74. The number of thiazole rings is 1. The Kier molecular flexibility index (Phi) is 3.39. The van der Waals surface area contributed by atoms with Crippen molar-refractivity contribution >= 4 is 11.3 Å². The fourth-order valence-electron chi connectivity index (χ4n) is 2.15. The van der Waals surface area contributed by atoms with Gasteiger partial charge in [0.2, 0.25) is 0 Å². The van der Waals surface area contributed by atoms with Crippen molar-refractivity contribution in [2.75, 3.05) is 0 Å². The average molecular weight is 259 g/mol. The second-order valence-electron chi connectivity index (χ2n) is 4.83. The molecule has 0 aromatic carbocycles. The van der Waals surface area contributed by atoms with Crippen LogP contribution in [0.15, 0.2) is 29.8 Å². The van der Waals surface area contributed by atoms with Crippen molar-refractivity contribution in [3.63, 3.8) is 0 Å². The van der Waals surface area contributed by atoms with Crippen molar-refractivity contribution in [3.05, 3.63) is 46.2 Å². The molecule has 3 rings (SSSR count). The fourth-order valence-corrected chi connectivity index (χ4v) is 2.80. The third-order valence-electron chi connectivity index (χ3n) is 3.20. The summed E-state index contributed by atoms with van der Waals surface area (Å²) in [5, 5.41) is 3.25. The van der Waals surface area contributed by atoms with E-state index in [0.717, 1.165) is 24.8 Å². The molecule has 0 bridgehead atoms. The van der Waals surface area contributed by atoms with Gasteiger partial charge in [-0.1, -0.05) is 6.07 Å². The average Bonchev–Trinajstić information content (AvgIpc) is 3.08. The summed E-state index contributed by atoms with van der Waals surface area (Å²) in [7, 11) is 0. The maximum Gasteiger partial charge on any atom is 0.107 e. The van der Waals surface area contributed by atoms with Crippen LogP contribution in [0.2, 0.25) is 0 Å². The van der Waals surface area contributed by atoms with Crippen LogP contribution in [-0.4, -0.2) is 20.9 Å². The highest BCUT2D eigenvalue weighted by Gasteiger charge is 2.29. The van der Waals surface area contributed by atoms with Crippen LogP contribution in [0.4, 0.5) is 0 Å². The minimum Gasteiger partial charge on any atom is -0.288 e. The first-order valence-corrected chi connectivity index (χ1v) is 7.24. The quantitative estimate of drug-likeness (QED) is 0.826. The van der Waals surface area contributed by atoms with Crippen molar-refractivity contribution in [1.29, 1.82) is 0 Å². The van der Waals surface area contributed by atoms with Crippen LogP contribution in [-0.2, 0) is 13.1 Å². The molecule has 0 saturated heterocycles. The number of rotatable bonds is 5. The van der Waals surface area contributed by atoms with Gasteiger partial charge in [-0.3, -0.25) is 9.88 Å². The Hall–Kier alpha value is -1.26. The van der Waals surface area contributed by atoms with Gasteiger partial charge >= 0.3 is 0 Å². The predicted molar refractivity (Wildman–Crippen MR) is 73.4 cm³/mol. The monoisotopic (exact) mass is 259 g/mol. The van der Waals surface area contributed by atoms with E-state index in [1.807, 2.05) is 24.6 Å². The Balaban J connectivity index is 1.70. The van der Waals surface area contributed by atoms with Gasteiger partial charge < -0.3 is 0 Å². The molecule has 3 nitrogen and oxygen atoms in total. The van der Waals surface area contributed by atoms with E-state index in [2.05, 4.69) is 27.0 Å². The number of hydrogen-bond acceptors (Lipinski definition) is 4. The molecule has 0 amide bonds. The second kappa shape index (κ2) is 5.16. The lowest BCUT2D eigenvalue weighted by Crippen LogP contribution is -2.25. The maximum atomic E-state index is 4.59. The maximum absolute atomic E-state index is 4.59. The van der Waals surface area contributed by atoms with Crippen molar-refractivity contribution in [3.8, 4) is 0 Å². The van der Waals surface area contributed by atoms with Crippen LogP contribution in [0.25, 0.3) is 0 Å². The van der Waals surface area contributed by atoms with Crippen molar-refractivity contribution in [2.45, 2.75) is 38.9 Å². The van der Waals surface area contributed by atoms with Crippen LogP contribution in [0.5, 0.6) is 0 Å². The van der Waals surface area contributed by atoms with E-state index in [-0.39, 0.29) is 0 Å². The predicted octanol–water partition coefficient (Wildman–Crippen LogP) is 3.01. The van der Waals surface area contributed by atoms with E-state index in [1.165, 1.54) is 23.5 Å². The molecule has 0 aliphatic heterocycles. The first-order valence-electron chi connectivity index (χ1n) is 6.36. The summed E-state index contributed by atoms with van der Waals surface area (Å²) in [5.74, 6) is 0. The van der Waals surface area contributed by atoms with E-state index in [9.17, 15) is 0 Å². The lowest BCUT2D eigenvalue weighted by molar-refractivity contribution is 0.242. The molecule has 0 radical (unpaired) electrons. The number of aromatic nitrogens is 2.